The Morgan fingerprint density at radius 2 is 1.92 bits per heavy atom. The van der Waals surface area contributed by atoms with Gasteiger partial charge in [-0.1, -0.05) is 29.8 Å². The molecular formula is C20H27Cl2N3O. The van der Waals surface area contributed by atoms with Crippen LogP contribution in [0.3, 0.4) is 0 Å². The molecule has 1 unspecified atom stereocenters. The fourth-order valence-electron chi connectivity index (χ4n) is 3.35. The van der Waals surface area contributed by atoms with Crippen LogP contribution in [0.25, 0.3) is 11.1 Å². The Morgan fingerprint density at radius 1 is 1.19 bits per heavy atom. The van der Waals surface area contributed by atoms with Gasteiger partial charge in [-0.25, -0.2) is 0 Å². The van der Waals surface area contributed by atoms with Crippen LogP contribution in [0.4, 0.5) is 0 Å². The van der Waals surface area contributed by atoms with Gasteiger partial charge in [0.25, 0.3) is 5.91 Å². The molecule has 1 saturated heterocycles. The molecule has 1 amide bonds. The number of halogens is 2. The molecule has 2 aromatic rings. The van der Waals surface area contributed by atoms with E-state index in [0.717, 1.165) is 37.2 Å². The Kier molecular flexibility index (Phi) is 9.06. The molecule has 0 aliphatic carbocycles. The van der Waals surface area contributed by atoms with Crippen molar-refractivity contribution in [2.75, 3.05) is 26.7 Å². The summed E-state index contributed by atoms with van der Waals surface area (Å²) in [6.45, 7) is 4.70. The van der Waals surface area contributed by atoms with Crippen molar-refractivity contribution >= 4 is 30.7 Å². The first-order valence-corrected chi connectivity index (χ1v) is 8.63. The zero-order valence-corrected chi connectivity index (χ0v) is 16.9. The van der Waals surface area contributed by atoms with Crippen LogP contribution in [0.1, 0.15) is 28.8 Å². The fourth-order valence-corrected chi connectivity index (χ4v) is 3.35. The third-order valence-corrected chi connectivity index (χ3v) is 4.67. The minimum absolute atomic E-state index is 0. The molecule has 1 aliphatic heterocycles. The van der Waals surface area contributed by atoms with Crippen LogP contribution in [-0.2, 0) is 0 Å². The van der Waals surface area contributed by atoms with Gasteiger partial charge in [0, 0.05) is 31.0 Å². The maximum Gasteiger partial charge on any atom is 0.255 e. The first-order valence-electron chi connectivity index (χ1n) is 8.63. The number of nitrogens with zero attached hydrogens (tertiary/aromatic N) is 2. The van der Waals surface area contributed by atoms with E-state index in [0.29, 0.717) is 11.5 Å². The molecule has 1 aliphatic rings. The highest BCUT2D eigenvalue weighted by atomic mass is 35.5. The molecule has 0 spiro atoms. The second-order valence-corrected chi connectivity index (χ2v) is 6.65. The first-order chi connectivity index (χ1) is 11.7. The van der Waals surface area contributed by atoms with Crippen molar-refractivity contribution in [2.24, 2.45) is 5.92 Å². The zero-order valence-electron chi connectivity index (χ0n) is 15.3. The molecule has 1 fully saturated rings. The summed E-state index contributed by atoms with van der Waals surface area (Å²) in [7, 11) is 1.97. The van der Waals surface area contributed by atoms with Crippen LogP contribution in [0, 0.1) is 12.8 Å². The summed E-state index contributed by atoms with van der Waals surface area (Å²) in [4.78, 5) is 19.1. The lowest BCUT2D eigenvalue weighted by molar-refractivity contribution is 0.0674. The van der Waals surface area contributed by atoms with Gasteiger partial charge in [-0.05, 0) is 50.9 Å². The molecule has 1 aromatic carbocycles. The summed E-state index contributed by atoms with van der Waals surface area (Å²) < 4.78 is 0. The van der Waals surface area contributed by atoms with Gasteiger partial charge in [-0.15, -0.1) is 24.8 Å². The summed E-state index contributed by atoms with van der Waals surface area (Å²) in [6.07, 6.45) is 5.76. The number of pyridine rings is 1. The average Bonchev–Trinajstić information content (AvgIpc) is 2.62. The third-order valence-electron chi connectivity index (χ3n) is 4.67. The minimum Gasteiger partial charge on any atom is -0.338 e. The molecule has 4 nitrogen and oxygen atoms in total. The lowest BCUT2D eigenvalue weighted by Crippen LogP contribution is -2.42. The molecule has 0 bridgehead atoms. The van der Waals surface area contributed by atoms with Crippen molar-refractivity contribution in [3.8, 4) is 11.1 Å². The van der Waals surface area contributed by atoms with Crippen molar-refractivity contribution < 1.29 is 4.79 Å². The Labute approximate surface area is 168 Å². The quantitative estimate of drug-likeness (QED) is 0.851. The summed E-state index contributed by atoms with van der Waals surface area (Å²) >= 11 is 0. The number of hydrogen-bond acceptors (Lipinski definition) is 3. The van der Waals surface area contributed by atoms with Crippen molar-refractivity contribution in [1.82, 2.24) is 15.2 Å². The van der Waals surface area contributed by atoms with Crippen LogP contribution >= 0.6 is 24.8 Å². The average molecular weight is 396 g/mol. The number of aromatic nitrogens is 1. The van der Waals surface area contributed by atoms with Gasteiger partial charge in [0.1, 0.15) is 0 Å². The highest BCUT2D eigenvalue weighted by Gasteiger charge is 2.24. The number of carbonyl (C=O) groups excluding carboxylic acids is 1. The van der Waals surface area contributed by atoms with Crippen molar-refractivity contribution in [3.63, 3.8) is 0 Å². The Hall–Kier alpha value is -1.62. The number of hydrogen-bond donors (Lipinski definition) is 1. The molecule has 6 heteroatoms. The van der Waals surface area contributed by atoms with Gasteiger partial charge in [-0.3, -0.25) is 9.78 Å². The second kappa shape index (κ2) is 10.5. The van der Waals surface area contributed by atoms with Crippen LogP contribution < -0.4 is 5.32 Å². The van der Waals surface area contributed by atoms with E-state index >= 15 is 0 Å². The monoisotopic (exact) mass is 395 g/mol. The van der Waals surface area contributed by atoms with Gasteiger partial charge in [0.2, 0.25) is 0 Å². The number of amides is 1. The van der Waals surface area contributed by atoms with Crippen LogP contribution in [0.5, 0.6) is 0 Å². The molecule has 26 heavy (non-hydrogen) atoms. The SMILES string of the molecule is CNCC1CCCN(C(=O)c2cncc(-c3ccc(C)cc3)c2)C1.Cl.Cl. The lowest BCUT2D eigenvalue weighted by atomic mass is 9.97. The lowest BCUT2D eigenvalue weighted by Gasteiger charge is -2.32. The number of piperidine rings is 1. The van der Waals surface area contributed by atoms with Gasteiger partial charge in [0.05, 0.1) is 5.56 Å². The molecule has 1 aromatic heterocycles. The standard InChI is InChI=1S/C20H25N3O.2ClH/c1-15-5-7-17(8-6-15)18-10-19(13-22-12-18)20(24)23-9-3-4-16(14-23)11-21-2;;/h5-8,10,12-13,16,21H,3-4,9,11,14H2,1-2H3;2*1H. The Bertz CT molecular complexity index is 704. The van der Waals surface area contributed by atoms with Crippen molar-refractivity contribution in [1.29, 1.82) is 0 Å². The summed E-state index contributed by atoms with van der Waals surface area (Å²) in [5.74, 6) is 0.637. The molecule has 1 atom stereocenters. The highest BCUT2D eigenvalue weighted by molar-refractivity contribution is 5.95. The van der Waals surface area contributed by atoms with Gasteiger partial charge in [0.15, 0.2) is 0 Å². The van der Waals surface area contributed by atoms with E-state index in [1.165, 1.54) is 12.0 Å². The van der Waals surface area contributed by atoms with E-state index in [1.54, 1.807) is 6.20 Å². The number of likely N-dealkylation sites (tertiary alicyclic amines) is 1. The van der Waals surface area contributed by atoms with Crippen molar-refractivity contribution in [3.05, 3.63) is 53.9 Å². The van der Waals surface area contributed by atoms with Gasteiger partial charge < -0.3 is 10.2 Å². The normalized spacial score (nSPS) is 16.4. The summed E-state index contributed by atoms with van der Waals surface area (Å²) in [5, 5.41) is 3.22. The Balaban J connectivity index is 0.00000169. The van der Waals surface area contributed by atoms with Gasteiger partial charge >= 0.3 is 0 Å². The van der Waals surface area contributed by atoms with E-state index in [4.69, 9.17) is 0 Å². The summed E-state index contributed by atoms with van der Waals surface area (Å²) in [6, 6.07) is 10.3. The molecule has 1 N–H and O–H groups in total. The zero-order chi connectivity index (χ0) is 16.9. The Morgan fingerprint density at radius 3 is 2.62 bits per heavy atom. The number of carbonyl (C=O) groups is 1. The largest absolute Gasteiger partial charge is 0.338 e. The molecule has 0 saturated carbocycles. The first kappa shape index (κ1) is 22.4. The van der Waals surface area contributed by atoms with E-state index < -0.39 is 0 Å². The van der Waals surface area contributed by atoms with Crippen LogP contribution in [0.2, 0.25) is 0 Å². The van der Waals surface area contributed by atoms with E-state index in [2.05, 4.69) is 41.5 Å². The topological polar surface area (TPSA) is 45.2 Å². The molecule has 3 rings (SSSR count). The predicted molar refractivity (Wildman–Crippen MR) is 111 cm³/mol. The maximum absolute atomic E-state index is 12.9. The molecule has 142 valence electrons. The van der Waals surface area contributed by atoms with Crippen molar-refractivity contribution in [2.45, 2.75) is 19.8 Å². The molecular weight excluding hydrogens is 369 g/mol. The van der Waals surface area contributed by atoms with Crippen LogP contribution in [0.15, 0.2) is 42.7 Å². The van der Waals surface area contributed by atoms with E-state index in [-0.39, 0.29) is 30.7 Å². The second-order valence-electron chi connectivity index (χ2n) is 6.65. The fraction of sp³-hybridized carbons (Fsp3) is 0.400. The number of rotatable bonds is 4. The van der Waals surface area contributed by atoms with Crippen LogP contribution in [-0.4, -0.2) is 42.5 Å². The van der Waals surface area contributed by atoms with Gasteiger partial charge in [-0.2, -0.15) is 0 Å². The summed E-state index contributed by atoms with van der Waals surface area (Å²) in [5.41, 5.74) is 3.99. The predicted octanol–water partition coefficient (Wildman–Crippen LogP) is 3.97. The van der Waals surface area contributed by atoms with E-state index in [9.17, 15) is 4.79 Å². The highest BCUT2D eigenvalue weighted by Crippen LogP contribution is 2.22. The minimum atomic E-state index is 0. The number of nitrogens with one attached hydrogen (secondary N) is 1. The third kappa shape index (κ3) is 5.44. The number of benzene rings is 1. The smallest absolute Gasteiger partial charge is 0.255 e. The molecule has 2 heterocycles. The molecule has 0 radical (unpaired) electrons. The maximum atomic E-state index is 12.9. The van der Waals surface area contributed by atoms with E-state index in [1.807, 2.05) is 24.2 Å². The number of aryl methyl sites for hydroxylation is 1.